The molecule has 0 aromatic carbocycles. The molecule has 3 nitrogen and oxygen atoms in total. The van der Waals surface area contributed by atoms with E-state index in [-0.39, 0.29) is 17.4 Å². The lowest BCUT2D eigenvalue weighted by molar-refractivity contribution is -0.121. The van der Waals surface area contributed by atoms with Crippen LogP contribution in [0.1, 0.15) is 26.3 Å². The van der Waals surface area contributed by atoms with Gasteiger partial charge in [-0.25, -0.2) is 0 Å². The monoisotopic (exact) mass is 257 g/mol. The lowest BCUT2D eigenvalue weighted by atomic mass is 10.1. The zero-order valence-corrected chi connectivity index (χ0v) is 9.74. The van der Waals surface area contributed by atoms with Crippen molar-refractivity contribution in [1.29, 1.82) is 0 Å². The third kappa shape index (κ3) is 2.32. The van der Waals surface area contributed by atoms with Gasteiger partial charge in [0.15, 0.2) is 5.78 Å². The van der Waals surface area contributed by atoms with Crippen molar-refractivity contribution in [3.8, 4) is 0 Å². The van der Waals surface area contributed by atoms with Crippen LogP contribution in [0.15, 0.2) is 27.6 Å². The van der Waals surface area contributed by atoms with Crippen LogP contribution in [-0.2, 0) is 4.79 Å². The van der Waals surface area contributed by atoms with Gasteiger partial charge in [-0.05, 0) is 28.9 Å². The first-order valence-electron chi connectivity index (χ1n) is 4.46. The zero-order valence-electron chi connectivity index (χ0n) is 8.16. The highest BCUT2D eigenvalue weighted by Crippen LogP contribution is 2.11. The molecule has 1 atom stereocenters. The second-order valence-electron chi connectivity index (χ2n) is 3.09. The average Bonchev–Trinajstić information content (AvgIpc) is 2.19. The van der Waals surface area contributed by atoms with Crippen LogP contribution in [0, 0.1) is 0 Å². The van der Waals surface area contributed by atoms with E-state index in [1.165, 1.54) is 10.6 Å². The summed E-state index contributed by atoms with van der Waals surface area (Å²) >= 11 is 3.26. The number of nitrogens with zero attached hydrogens (tertiary/aromatic N) is 1. The molecule has 4 heteroatoms. The van der Waals surface area contributed by atoms with E-state index >= 15 is 0 Å². The Kier molecular flexibility index (Phi) is 3.63. The molecule has 1 aromatic rings. The summed E-state index contributed by atoms with van der Waals surface area (Å²) in [6.45, 7) is 3.53. The van der Waals surface area contributed by atoms with Crippen LogP contribution < -0.4 is 5.56 Å². The molecule has 0 aliphatic carbocycles. The van der Waals surface area contributed by atoms with E-state index in [0.29, 0.717) is 6.42 Å². The van der Waals surface area contributed by atoms with Crippen molar-refractivity contribution < 1.29 is 4.79 Å². The fourth-order valence-electron chi connectivity index (χ4n) is 1.23. The molecule has 1 unspecified atom stereocenters. The van der Waals surface area contributed by atoms with Crippen molar-refractivity contribution in [2.24, 2.45) is 0 Å². The molecule has 0 N–H and O–H groups in total. The van der Waals surface area contributed by atoms with Gasteiger partial charge < -0.3 is 4.57 Å². The van der Waals surface area contributed by atoms with Crippen molar-refractivity contribution in [3.63, 3.8) is 0 Å². The first kappa shape index (κ1) is 11.2. The van der Waals surface area contributed by atoms with Gasteiger partial charge >= 0.3 is 0 Å². The molecule has 0 fully saturated rings. The van der Waals surface area contributed by atoms with Gasteiger partial charge in [0.1, 0.15) is 0 Å². The number of hydrogen-bond acceptors (Lipinski definition) is 2. The third-order valence-corrected chi connectivity index (χ3v) is 2.60. The molecule has 1 heterocycles. The Balaban J connectivity index is 3.12. The highest BCUT2D eigenvalue weighted by atomic mass is 79.9. The van der Waals surface area contributed by atoms with Crippen LogP contribution in [0.5, 0.6) is 0 Å². The van der Waals surface area contributed by atoms with Gasteiger partial charge in [0.2, 0.25) is 0 Å². The number of rotatable bonds is 3. The van der Waals surface area contributed by atoms with Crippen LogP contribution in [0.4, 0.5) is 0 Å². The SMILES string of the molecule is CCC(=O)C(C)n1cc(Br)ccc1=O. The maximum atomic E-state index is 11.4. The quantitative estimate of drug-likeness (QED) is 0.833. The molecule has 0 spiro atoms. The van der Waals surface area contributed by atoms with E-state index in [4.69, 9.17) is 0 Å². The Morgan fingerprint density at radius 2 is 2.21 bits per heavy atom. The predicted molar refractivity (Wildman–Crippen MR) is 58.4 cm³/mol. The summed E-state index contributed by atoms with van der Waals surface area (Å²) in [5.74, 6) is 0.0604. The number of carbonyl (C=O) groups is 1. The predicted octanol–water partition coefficient (Wildman–Crippen LogP) is 2.15. The van der Waals surface area contributed by atoms with Crippen molar-refractivity contribution in [2.75, 3.05) is 0 Å². The molecule has 1 aromatic heterocycles. The van der Waals surface area contributed by atoms with Crippen molar-refractivity contribution in [2.45, 2.75) is 26.3 Å². The minimum Gasteiger partial charge on any atom is -0.304 e. The summed E-state index contributed by atoms with van der Waals surface area (Å²) in [6, 6.07) is 2.73. The summed E-state index contributed by atoms with van der Waals surface area (Å²) in [6.07, 6.45) is 2.08. The maximum Gasteiger partial charge on any atom is 0.251 e. The number of halogens is 1. The maximum absolute atomic E-state index is 11.4. The van der Waals surface area contributed by atoms with Gasteiger partial charge in [0, 0.05) is 23.2 Å². The lowest BCUT2D eigenvalue weighted by Crippen LogP contribution is -2.26. The Bertz CT molecular complexity index is 397. The number of carbonyl (C=O) groups excluding carboxylic acids is 1. The van der Waals surface area contributed by atoms with Gasteiger partial charge in [0.25, 0.3) is 5.56 Å². The van der Waals surface area contributed by atoms with Crippen molar-refractivity contribution in [1.82, 2.24) is 4.57 Å². The Labute approximate surface area is 90.9 Å². The van der Waals surface area contributed by atoms with E-state index in [0.717, 1.165) is 4.47 Å². The number of ketones is 1. The fraction of sp³-hybridized carbons (Fsp3) is 0.400. The molecule has 14 heavy (non-hydrogen) atoms. The minimum absolute atomic E-state index is 0.0604. The highest BCUT2D eigenvalue weighted by molar-refractivity contribution is 9.10. The molecule has 0 amide bonds. The molecule has 1 rings (SSSR count). The average molecular weight is 258 g/mol. The van der Waals surface area contributed by atoms with Crippen LogP contribution in [-0.4, -0.2) is 10.4 Å². The van der Waals surface area contributed by atoms with Crippen LogP contribution >= 0.6 is 15.9 Å². The summed E-state index contributed by atoms with van der Waals surface area (Å²) in [7, 11) is 0. The summed E-state index contributed by atoms with van der Waals surface area (Å²) in [5, 5.41) is 0. The molecule has 0 aliphatic rings. The second kappa shape index (κ2) is 4.55. The fourth-order valence-corrected chi connectivity index (χ4v) is 1.58. The van der Waals surface area contributed by atoms with E-state index < -0.39 is 0 Å². The first-order valence-corrected chi connectivity index (χ1v) is 5.26. The number of Topliss-reactive ketones (excluding diaryl/α,β-unsaturated/α-hetero) is 1. The summed E-state index contributed by atoms with van der Waals surface area (Å²) in [5.41, 5.74) is -0.150. The summed E-state index contributed by atoms with van der Waals surface area (Å²) < 4.78 is 2.24. The smallest absolute Gasteiger partial charge is 0.251 e. The Morgan fingerprint density at radius 3 is 2.79 bits per heavy atom. The van der Waals surface area contributed by atoms with Gasteiger partial charge in [-0.3, -0.25) is 9.59 Å². The van der Waals surface area contributed by atoms with Crippen LogP contribution in [0.3, 0.4) is 0 Å². The molecule has 76 valence electrons. The summed E-state index contributed by atoms with van der Waals surface area (Å²) in [4.78, 5) is 22.8. The molecular weight excluding hydrogens is 246 g/mol. The van der Waals surface area contributed by atoms with Gasteiger partial charge in [-0.15, -0.1) is 0 Å². The Hall–Kier alpha value is -0.900. The van der Waals surface area contributed by atoms with Crippen molar-refractivity contribution >= 4 is 21.7 Å². The van der Waals surface area contributed by atoms with Gasteiger partial charge in [0.05, 0.1) is 6.04 Å². The largest absolute Gasteiger partial charge is 0.304 e. The minimum atomic E-state index is -0.384. The molecule has 0 aliphatic heterocycles. The highest BCUT2D eigenvalue weighted by Gasteiger charge is 2.13. The first-order chi connectivity index (χ1) is 6.56. The molecule has 0 bridgehead atoms. The molecule has 0 radical (unpaired) electrons. The van der Waals surface area contributed by atoms with E-state index in [1.807, 2.05) is 0 Å². The normalized spacial score (nSPS) is 12.5. The van der Waals surface area contributed by atoms with Crippen LogP contribution in [0.25, 0.3) is 0 Å². The van der Waals surface area contributed by atoms with E-state index in [9.17, 15) is 9.59 Å². The molecule has 0 saturated carbocycles. The number of pyridine rings is 1. The van der Waals surface area contributed by atoms with Gasteiger partial charge in [-0.1, -0.05) is 6.92 Å². The van der Waals surface area contributed by atoms with E-state index in [2.05, 4.69) is 15.9 Å². The topological polar surface area (TPSA) is 39.1 Å². The van der Waals surface area contributed by atoms with Gasteiger partial charge in [-0.2, -0.15) is 0 Å². The zero-order chi connectivity index (χ0) is 10.7. The standard InChI is InChI=1S/C10H12BrNO2/c1-3-9(13)7(2)12-6-8(11)4-5-10(12)14/h4-7H,3H2,1-2H3. The molecule has 0 saturated heterocycles. The second-order valence-corrected chi connectivity index (χ2v) is 4.00. The van der Waals surface area contributed by atoms with E-state index in [1.54, 1.807) is 26.1 Å². The number of aromatic nitrogens is 1. The van der Waals surface area contributed by atoms with Crippen molar-refractivity contribution in [3.05, 3.63) is 33.2 Å². The number of hydrogen-bond donors (Lipinski definition) is 0. The van der Waals surface area contributed by atoms with Crippen LogP contribution in [0.2, 0.25) is 0 Å². The Morgan fingerprint density at radius 1 is 1.57 bits per heavy atom. The molecular formula is C10H12BrNO2. The third-order valence-electron chi connectivity index (χ3n) is 2.13. The lowest BCUT2D eigenvalue weighted by Gasteiger charge is -2.12.